The number of benzene rings is 2. The number of anilines is 1. The minimum Gasteiger partial charge on any atom is -0.323 e. The molecule has 0 radical (unpaired) electrons. The van der Waals surface area contributed by atoms with Gasteiger partial charge in [0.2, 0.25) is 5.91 Å². The minimum atomic E-state index is -0.422. The lowest BCUT2D eigenvalue weighted by Crippen LogP contribution is -2.22. The quantitative estimate of drug-likeness (QED) is 0.839. The van der Waals surface area contributed by atoms with Crippen LogP contribution in [0.4, 0.5) is 10.1 Å². The summed E-state index contributed by atoms with van der Waals surface area (Å²) in [5.41, 5.74) is 2.64. The molecule has 0 bridgehead atoms. The first-order valence-electron chi connectivity index (χ1n) is 6.76. The van der Waals surface area contributed by atoms with Crippen LogP contribution in [0.3, 0.4) is 0 Å². The summed E-state index contributed by atoms with van der Waals surface area (Å²) in [5, 5.41) is 2.32. The van der Waals surface area contributed by atoms with E-state index in [1.165, 1.54) is 29.0 Å². The first-order chi connectivity index (χ1) is 9.97. The fourth-order valence-corrected chi connectivity index (χ4v) is 2.81. The Kier molecular flexibility index (Phi) is 5.02. The lowest BCUT2D eigenvalue weighted by molar-refractivity contribution is -0.115. The van der Waals surface area contributed by atoms with E-state index in [0.717, 1.165) is 4.90 Å². The molecule has 2 rings (SSSR count). The van der Waals surface area contributed by atoms with Gasteiger partial charge in [-0.2, -0.15) is 0 Å². The van der Waals surface area contributed by atoms with Gasteiger partial charge in [0.1, 0.15) is 5.82 Å². The summed E-state index contributed by atoms with van der Waals surface area (Å²) < 4.78 is 13.5. The highest BCUT2D eigenvalue weighted by Gasteiger charge is 2.16. The molecule has 110 valence electrons. The topological polar surface area (TPSA) is 29.1 Å². The average Bonchev–Trinajstić information content (AvgIpc) is 2.45. The predicted molar refractivity (Wildman–Crippen MR) is 86.3 cm³/mol. The molecular formula is C17H18FNOS. The Morgan fingerprint density at radius 1 is 1.14 bits per heavy atom. The number of hydrogen-bond acceptors (Lipinski definition) is 2. The fourth-order valence-electron chi connectivity index (χ4n) is 1.84. The van der Waals surface area contributed by atoms with E-state index in [1.54, 1.807) is 18.2 Å². The zero-order chi connectivity index (χ0) is 15.4. The zero-order valence-corrected chi connectivity index (χ0v) is 13.1. The van der Waals surface area contributed by atoms with E-state index in [2.05, 4.69) is 18.3 Å². The van der Waals surface area contributed by atoms with E-state index in [9.17, 15) is 9.18 Å². The van der Waals surface area contributed by atoms with E-state index < -0.39 is 5.82 Å². The number of amides is 1. The molecule has 0 heterocycles. The van der Waals surface area contributed by atoms with Crippen molar-refractivity contribution in [3.8, 4) is 0 Å². The summed E-state index contributed by atoms with van der Waals surface area (Å²) in [6.07, 6.45) is 0. The van der Waals surface area contributed by atoms with E-state index in [0.29, 0.717) is 0 Å². The van der Waals surface area contributed by atoms with Crippen LogP contribution < -0.4 is 5.32 Å². The third-order valence-corrected chi connectivity index (χ3v) is 4.39. The summed E-state index contributed by atoms with van der Waals surface area (Å²) in [6, 6.07) is 12.3. The molecule has 2 aromatic carbocycles. The summed E-state index contributed by atoms with van der Waals surface area (Å²) in [4.78, 5) is 13.2. The van der Waals surface area contributed by atoms with Crippen LogP contribution in [-0.2, 0) is 4.79 Å². The number of thioether (sulfide) groups is 1. The third kappa shape index (κ3) is 4.08. The first kappa shape index (κ1) is 15.6. The number of carbonyl (C=O) groups excluding carboxylic acids is 1. The standard InChI is InChI=1S/C17H18FNOS/c1-11-8-9-14(10-12(11)2)21-13(3)17(20)19-16-7-5-4-6-15(16)18/h4-10,13H,1-3H3,(H,19,20)/t13-/m0/s1. The second-order valence-corrected chi connectivity index (χ2v) is 6.39. The molecule has 0 fully saturated rings. The molecule has 4 heteroatoms. The van der Waals surface area contributed by atoms with Gasteiger partial charge in [0.05, 0.1) is 10.9 Å². The van der Waals surface area contributed by atoms with Crippen molar-refractivity contribution in [2.24, 2.45) is 0 Å². The van der Waals surface area contributed by atoms with Crippen molar-refractivity contribution < 1.29 is 9.18 Å². The van der Waals surface area contributed by atoms with Crippen LogP contribution in [-0.4, -0.2) is 11.2 Å². The van der Waals surface area contributed by atoms with Crippen molar-refractivity contribution in [1.82, 2.24) is 0 Å². The number of aryl methyl sites for hydroxylation is 2. The summed E-state index contributed by atoms with van der Waals surface area (Å²) in [7, 11) is 0. The number of carbonyl (C=O) groups is 1. The average molecular weight is 303 g/mol. The Bertz CT molecular complexity index is 657. The van der Waals surface area contributed by atoms with Crippen molar-refractivity contribution in [2.45, 2.75) is 30.9 Å². The molecular weight excluding hydrogens is 285 g/mol. The second-order valence-electron chi connectivity index (χ2n) is 4.98. The van der Waals surface area contributed by atoms with Gasteiger partial charge in [-0.3, -0.25) is 4.79 Å². The van der Waals surface area contributed by atoms with Crippen molar-refractivity contribution in [2.75, 3.05) is 5.32 Å². The van der Waals surface area contributed by atoms with Gasteiger partial charge in [0.25, 0.3) is 0 Å². The number of hydrogen-bond donors (Lipinski definition) is 1. The lowest BCUT2D eigenvalue weighted by Gasteiger charge is -2.13. The highest BCUT2D eigenvalue weighted by atomic mass is 32.2. The summed E-state index contributed by atoms with van der Waals surface area (Å²) in [6.45, 7) is 5.91. The number of nitrogens with one attached hydrogen (secondary N) is 1. The number of rotatable bonds is 4. The molecule has 0 aromatic heterocycles. The van der Waals surface area contributed by atoms with Gasteiger partial charge in [-0.25, -0.2) is 4.39 Å². The largest absolute Gasteiger partial charge is 0.323 e. The predicted octanol–water partition coefficient (Wildman–Crippen LogP) is 4.56. The smallest absolute Gasteiger partial charge is 0.237 e. The van der Waals surface area contributed by atoms with Crippen LogP contribution in [0.2, 0.25) is 0 Å². The van der Waals surface area contributed by atoms with Crippen molar-refractivity contribution >= 4 is 23.4 Å². The van der Waals surface area contributed by atoms with Gasteiger partial charge < -0.3 is 5.32 Å². The van der Waals surface area contributed by atoms with Crippen LogP contribution in [0.5, 0.6) is 0 Å². The van der Waals surface area contributed by atoms with Gasteiger partial charge in [-0.15, -0.1) is 11.8 Å². The summed E-state index contributed by atoms with van der Waals surface area (Å²) in [5.74, 6) is -0.627. The number of halogens is 1. The van der Waals surface area contributed by atoms with Gasteiger partial charge in [0, 0.05) is 4.90 Å². The number of para-hydroxylation sites is 1. The molecule has 0 spiro atoms. The van der Waals surface area contributed by atoms with Gasteiger partial charge >= 0.3 is 0 Å². The first-order valence-corrected chi connectivity index (χ1v) is 7.64. The summed E-state index contributed by atoms with van der Waals surface area (Å²) >= 11 is 1.47. The Labute approximate surface area is 128 Å². The highest BCUT2D eigenvalue weighted by molar-refractivity contribution is 8.00. The second kappa shape index (κ2) is 6.76. The van der Waals surface area contributed by atoms with E-state index in [4.69, 9.17) is 0 Å². The van der Waals surface area contributed by atoms with E-state index in [1.807, 2.05) is 26.0 Å². The van der Waals surface area contributed by atoms with Crippen molar-refractivity contribution in [1.29, 1.82) is 0 Å². The van der Waals surface area contributed by atoms with Crippen molar-refractivity contribution in [3.63, 3.8) is 0 Å². The van der Waals surface area contributed by atoms with E-state index >= 15 is 0 Å². The maximum absolute atomic E-state index is 13.5. The molecule has 1 atom stereocenters. The van der Waals surface area contributed by atoms with Gasteiger partial charge in [-0.05, 0) is 56.2 Å². The van der Waals surface area contributed by atoms with Crippen LogP contribution in [0.25, 0.3) is 0 Å². The molecule has 0 unspecified atom stereocenters. The minimum absolute atomic E-state index is 0.205. The van der Waals surface area contributed by atoms with Gasteiger partial charge in [-0.1, -0.05) is 18.2 Å². The maximum atomic E-state index is 13.5. The Hall–Kier alpha value is -1.81. The Morgan fingerprint density at radius 3 is 2.52 bits per heavy atom. The van der Waals surface area contributed by atoms with Gasteiger partial charge in [0.15, 0.2) is 0 Å². The van der Waals surface area contributed by atoms with Crippen LogP contribution in [0.15, 0.2) is 47.4 Å². The normalized spacial score (nSPS) is 12.0. The molecule has 0 saturated heterocycles. The molecule has 1 N–H and O–H groups in total. The maximum Gasteiger partial charge on any atom is 0.237 e. The third-order valence-electron chi connectivity index (χ3n) is 3.29. The Balaban J connectivity index is 2.02. The monoisotopic (exact) mass is 303 g/mol. The molecule has 0 aliphatic rings. The SMILES string of the molecule is Cc1ccc(S[C@@H](C)C(=O)Nc2ccccc2F)cc1C. The lowest BCUT2D eigenvalue weighted by atomic mass is 10.1. The van der Waals surface area contributed by atoms with Crippen LogP contribution in [0, 0.1) is 19.7 Å². The highest BCUT2D eigenvalue weighted by Crippen LogP contribution is 2.26. The molecule has 1 amide bonds. The van der Waals surface area contributed by atoms with Crippen LogP contribution >= 0.6 is 11.8 Å². The van der Waals surface area contributed by atoms with Crippen LogP contribution in [0.1, 0.15) is 18.1 Å². The molecule has 2 nitrogen and oxygen atoms in total. The molecule has 0 aliphatic heterocycles. The molecule has 0 saturated carbocycles. The molecule has 0 aliphatic carbocycles. The molecule has 2 aromatic rings. The Morgan fingerprint density at radius 2 is 1.86 bits per heavy atom. The fraction of sp³-hybridized carbons (Fsp3) is 0.235. The van der Waals surface area contributed by atoms with Crippen molar-refractivity contribution in [3.05, 3.63) is 59.4 Å². The van der Waals surface area contributed by atoms with E-state index in [-0.39, 0.29) is 16.8 Å². The zero-order valence-electron chi connectivity index (χ0n) is 12.3. The molecule has 21 heavy (non-hydrogen) atoms.